The number of hydrogen-bond donors (Lipinski definition) is 1. The van der Waals surface area contributed by atoms with E-state index in [1.807, 2.05) is 19.1 Å². The predicted molar refractivity (Wildman–Crippen MR) is 86.9 cm³/mol. The van der Waals surface area contributed by atoms with E-state index < -0.39 is 0 Å². The van der Waals surface area contributed by atoms with Crippen LogP contribution in [-0.2, 0) is 0 Å². The molecular formula is C16H24BrNO2. The second kappa shape index (κ2) is 7.67. The van der Waals surface area contributed by atoms with Gasteiger partial charge in [0.2, 0.25) is 0 Å². The van der Waals surface area contributed by atoms with Crippen LogP contribution in [0.3, 0.4) is 0 Å². The molecule has 1 N–H and O–H groups in total. The lowest BCUT2D eigenvalue weighted by atomic mass is 9.84. The molecule has 1 aromatic carbocycles. The fraction of sp³-hybridized carbons (Fsp3) is 0.562. The van der Waals surface area contributed by atoms with Gasteiger partial charge in [-0.25, -0.2) is 0 Å². The molecule has 0 saturated heterocycles. The summed E-state index contributed by atoms with van der Waals surface area (Å²) in [6.45, 7) is 6.96. The Bertz CT molecular complexity index is 448. The lowest BCUT2D eigenvalue weighted by molar-refractivity contribution is 0.0932. The van der Waals surface area contributed by atoms with Crippen molar-refractivity contribution in [3.05, 3.63) is 29.3 Å². The van der Waals surface area contributed by atoms with Crippen LogP contribution in [0.5, 0.6) is 5.75 Å². The van der Waals surface area contributed by atoms with Crippen molar-refractivity contribution in [1.29, 1.82) is 0 Å². The first-order valence-corrected chi connectivity index (χ1v) is 8.13. The standard InChI is InChI=1S/C16H24BrNO2/c1-5-16(6-2,10-17)11-18-15(19)13-8-7-12(3)14(9-13)20-4/h7-9H,5-6,10-11H2,1-4H3,(H,18,19). The van der Waals surface area contributed by atoms with E-state index in [0.717, 1.165) is 29.5 Å². The third-order valence-electron chi connectivity index (χ3n) is 4.08. The summed E-state index contributed by atoms with van der Waals surface area (Å²) >= 11 is 3.56. The molecule has 0 radical (unpaired) electrons. The van der Waals surface area contributed by atoms with Gasteiger partial charge in [-0.2, -0.15) is 0 Å². The molecule has 4 heteroatoms. The molecule has 0 aromatic heterocycles. The van der Waals surface area contributed by atoms with Crippen LogP contribution in [0.25, 0.3) is 0 Å². The highest BCUT2D eigenvalue weighted by Gasteiger charge is 2.25. The largest absolute Gasteiger partial charge is 0.496 e. The molecule has 0 aliphatic heterocycles. The van der Waals surface area contributed by atoms with Gasteiger partial charge < -0.3 is 10.1 Å². The van der Waals surface area contributed by atoms with Crippen LogP contribution in [0.2, 0.25) is 0 Å². The number of rotatable bonds is 7. The Balaban J connectivity index is 2.76. The lowest BCUT2D eigenvalue weighted by Gasteiger charge is -2.29. The number of ether oxygens (including phenoxy) is 1. The van der Waals surface area contributed by atoms with Crippen molar-refractivity contribution in [2.75, 3.05) is 19.0 Å². The Morgan fingerprint density at radius 1 is 1.35 bits per heavy atom. The SMILES string of the molecule is CCC(CC)(CBr)CNC(=O)c1ccc(C)c(OC)c1. The van der Waals surface area contributed by atoms with Crippen LogP contribution in [0.15, 0.2) is 18.2 Å². The van der Waals surface area contributed by atoms with Gasteiger partial charge in [-0.15, -0.1) is 0 Å². The van der Waals surface area contributed by atoms with Gasteiger partial charge in [0.25, 0.3) is 5.91 Å². The molecule has 1 rings (SSSR count). The quantitative estimate of drug-likeness (QED) is 0.763. The van der Waals surface area contributed by atoms with Crippen LogP contribution in [-0.4, -0.2) is 24.9 Å². The zero-order valence-electron chi connectivity index (χ0n) is 12.8. The van der Waals surface area contributed by atoms with Gasteiger partial charge in [-0.3, -0.25) is 4.79 Å². The molecule has 0 bridgehead atoms. The fourth-order valence-electron chi connectivity index (χ4n) is 2.07. The molecule has 112 valence electrons. The number of carbonyl (C=O) groups excluding carboxylic acids is 1. The maximum atomic E-state index is 12.2. The second-order valence-corrected chi connectivity index (χ2v) is 5.77. The summed E-state index contributed by atoms with van der Waals surface area (Å²) < 4.78 is 5.26. The van der Waals surface area contributed by atoms with E-state index in [4.69, 9.17) is 4.74 Å². The first-order chi connectivity index (χ1) is 9.51. The number of methoxy groups -OCH3 is 1. The summed E-state index contributed by atoms with van der Waals surface area (Å²) in [5.41, 5.74) is 1.80. The monoisotopic (exact) mass is 341 g/mol. The van der Waals surface area contributed by atoms with E-state index in [-0.39, 0.29) is 11.3 Å². The van der Waals surface area contributed by atoms with Gasteiger partial charge >= 0.3 is 0 Å². The van der Waals surface area contributed by atoms with Gasteiger partial charge in [-0.05, 0) is 42.9 Å². The van der Waals surface area contributed by atoms with E-state index in [2.05, 4.69) is 35.1 Å². The highest BCUT2D eigenvalue weighted by molar-refractivity contribution is 9.09. The average Bonchev–Trinajstić information content (AvgIpc) is 2.49. The van der Waals surface area contributed by atoms with E-state index >= 15 is 0 Å². The highest BCUT2D eigenvalue weighted by atomic mass is 79.9. The number of carbonyl (C=O) groups is 1. The maximum Gasteiger partial charge on any atom is 0.251 e. The number of nitrogens with one attached hydrogen (secondary N) is 1. The maximum absolute atomic E-state index is 12.2. The number of hydrogen-bond acceptors (Lipinski definition) is 2. The van der Waals surface area contributed by atoms with Crippen molar-refractivity contribution in [2.45, 2.75) is 33.6 Å². The summed E-state index contributed by atoms with van der Waals surface area (Å²) in [5, 5.41) is 3.93. The minimum Gasteiger partial charge on any atom is -0.496 e. The van der Waals surface area contributed by atoms with Gasteiger partial charge in [0.05, 0.1) is 7.11 Å². The van der Waals surface area contributed by atoms with Crippen molar-refractivity contribution in [1.82, 2.24) is 5.32 Å². The van der Waals surface area contributed by atoms with Crippen molar-refractivity contribution in [3.8, 4) is 5.75 Å². The number of alkyl halides is 1. The van der Waals surface area contributed by atoms with Crippen LogP contribution >= 0.6 is 15.9 Å². The van der Waals surface area contributed by atoms with Gasteiger partial charge in [0.1, 0.15) is 5.75 Å². The second-order valence-electron chi connectivity index (χ2n) is 5.21. The molecule has 0 unspecified atom stereocenters. The summed E-state index contributed by atoms with van der Waals surface area (Å²) in [7, 11) is 1.62. The third kappa shape index (κ3) is 3.98. The molecular weight excluding hydrogens is 318 g/mol. The molecule has 0 fully saturated rings. The minimum atomic E-state index is -0.0458. The van der Waals surface area contributed by atoms with Gasteiger partial charge in [-0.1, -0.05) is 35.8 Å². The van der Waals surface area contributed by atoms with Crippen molar-refractivity contribution in [3.63, 3.8) is 0 Å². The normalized spacial score (nSPS) is 11.2. The summed E-state index contributed by atoms with van der Waals surface area (Å²) in [6.07, 6.45) is 2.07. The Kier molecular flexibility index (Phi) is 6.53. The highest BCUT2D eigenvalue weighted by Crippen LogP contribution is 2.28. The molecule has 0 heterocycles. The lowest BCUT2D eigenvalue weighted by Crippen LogP contribution is -2.38. The first kappa shape index (κ1) is 17.0. The topological polar surface area (TPSA) is 38.3 Å². The van der Waals surface area contributed by atoms with Crippen molar-refractivity contribution < 1.29 is 9.53 Å². The number of aryl methyl sites for hydroxylation is 1. The number of halogens is 1. The van der Waals surface area contributed by atoms with E-state index in [9.17, 15) is 4.79 Å². The molecule has 0 aliphatic carbocycles. The Morgan fingerprint density at radius 3 is 2.50 bits per heavy atom. The summed E-state index contributed by atoms with van der Waals surface area (Å²) in [4.78, 5) is 12.2. The van der Waals surface area contributed by atoms with Crippen molar-refractivity contribution in [2.24, 2.45) is 5.41 Å². The summed E-state index contributed by atoms with van der Waals surface area (Å²) in [6, 6.07) is 5.53. The number of benzene rings is 1. The first-order valence-electron chi connectivity index (χ1n) is 7.00. The van der Waals surface area contributed by atoms with E-state index in [0.29, 0.717) is 12.1 Å². The Hall–Kier alpha value is -1.03. The van der Waals surface area contributed by atoms with Crippen LogP contribution in [0, 0.1) is 12.3 Å². The molecule has 0 atom stereocenters. The minimum absolute atomic E-state index is 0.0458. The average molecular weight is 342 g/mol. The molecule has 20 heavy (non-hydrogen) atoms. The van der Waals surface area contributed by atoms with E-state index in [1.54, 1.807) is 13.2 Å². The zero-order chi connectivity index (χ0) is 15.2. The smallest absolute Gasteiger partial charge is 0.251 e. The molecule has 1 aromatic rings. The molecule has 0 spiro atoms. The van der Waals surface area contributed by atoms with Crippen LogP contribution < -0.4 is 10.1 Å². The fourth-order valence-corrected chi connectivity index (χ4v) is 3.06. The molecule has 3 nitrogen and oxygen atoms in total. The van der Waals surface area contributed by atoms with Crippen LogP contribution in [0.4, 0.5) is 0 Å². The number of amides is 1. The predicted octanol–water partition coefficient (Wildman–Crippen LogP) is 3.93. The van der Waals surface area contributed by atoms with Crippen molar-refractivity contribution >= 4 is 21.8 Å². The molecule has 0 aliphatic rings. The van der Waals surface area contributed by atoms with Gasteiger partial charge in [0.15, 0.2) is 0 Å². The zero-order valence-corrected chi connectivity index (χ0v) is 14.3. The molecule has 1 amide bonds. The summed E-state index contributed by atoms with van der Waals surface area (Å²) in [5.74, 6) is 0.700. The van der Waals surface area contributed by atoms with E-state index in [1.165, 1.54) is 0 Å². The Morgan fingerprint density at radius 2 is 2.00 bits per heavy atom. The van der Waals surface area contributed by atoms with Crippen LogP contribution in [0.1, 0.15) is 42.6 Å². The molecule has 0 saturated carbocycles. The van der Waals surface area contributed by atoms with Gasteiger partial charge in [0, 0.05) is 17.4 Å². The third-order valence-corrected chi connectivity index (χ3v) is 5.27. The Labute approximate surface area is 130 Å².